The van der Waals surface area contributed by atoms with E-state index in [1.807, 2.05) is 0 Å². The van der Waals surface area contributed by atoms with E-state index in [1.165, 1.54) is 83.5 Å². The molecule has 0 aromatic rings. The minimum atomic E-state index is 0.214. The molecule has 212 valence electrons. The number of carbonyl (C=O) groups excluding carboxylic acids is 2. The quantitative estimate of drug-likeness (QED) is 0.315. The lowest BCUT2D eigenvalue weighted by Crippen LogP contribution is -2.41. The Morgan fingerprint density at radius 3 is 1.50 bits per heavy atom. The molecule has 6 heteroatoms. The molecule has 0 aromatic carbocycles. The van der Waals surface area contributed by atoms with Gasteiger partial charge in [-0.3, -0.25) is 9.59 Å². The monoisotopic (exact) mass is 560 g/mol. The lowest BCUT2D eigenvalue weighted by molar-refractivity contribution is -0.112. The fourth-order valence-electron chi connectivity index (χ4n) is 11.2. The lowest BCUT2D eigenvalue weighted by atomic mass is 9.74. The third-order valence-corrected chi connectivity index (χ3v) is 14.6. The third kappa shape index (κ3) is 4.98. The molecule has 4 bridgehead atoms. The van der Waals surface area contributed by atoms with Crippen LogP contribution in [-0.4, -0.2) is 46.2 Å². The molecule has 38 heavy (non-hydrogen) atoms. The molecular formula is C32H48O4S2. The highest BCUT2D eigenvalue weighted by molar-refractivity contribution is 8.14. The number of fused-ring (bicyclic) bond motifs is 10. The van der Waals surface area contributed by atoms with Crippen LogP contribution >= 0.6 is 23.5 Å². The Labute approximate surface area is 238 Å². The third-order valence-electron chi connectivity index (χ3n) is 12.5. The Hall–Kier alpha value is -0.0400. The molecule has 7 fully saturated rings. The minimum absolute atomic E-state index is 0.214. The molecule has 7 aliphatic rings. The minimum Gasteiger partial charge on any atom is -0.377 e. The van der Waals surface area contributed by atoms with E-state index in [4.69, 9.17) is 9.47 Å². The van der Waals surface area contributed by atoms with Crippen LogP contribution in [0.3, 0.4) is 0 Å². The highest BCUT2D eigenvalue weighted by Crippen LogP contribution is 2.62. The molecule has 0 saturated heterocycles. The van der Waals surface area contributed by atoms with Gasteiger partial charge in [-0.1, -0.05) is 42.8 Å². The summed E-state index contributed by atoms with van der Waals surface area (Å²) in [6.45, 7) is 5.26. The summed E-state index contributed by atoms with van der Waals surface area (Å²) < 4.78 is 13.8. The first-order valence-electron chi connectivity index (χ1n) is 15.9. The van der Waals surface area contributed by atoms with Gasteiger partial charge in [-0.2, -0.15) is 0 Å². The van der Waals surface area contributed by atoms with E-state index in [-0.39, 0.29) is 5.41 Å². The molecule has 7 aliphatic carbocycles. The first-order chi connectivity index (χ1) is 18.4. The van der Waals surface area contributed by atoms with Crippen molar-refractivity contribution in [2.75, 3.05) is 13.2 Å². The molecule has 7 saturated carbocycles. The summed E-state index contributed by atoms with van der Waals surface area (Å²) in [5.41, 5.74) is 0.214. The second kappa shape index (κ2) is 10.7. The Balaban J connectivity index is 0.943. The molecule has 0 spiro atoms. The van der Waals surface area contributed by atoms with Crippen LogP contribution in [0.1, 0.15) is 97.3 Å². The van der Waals surface area contributed by atoms with Crippen molar-refractivity contribution in [1.82, 2.24) is 0 Å². The molecule has 0 heterocycles. The molecule has 0 aromatic heterocycles. The van der Waals surface area contributed by atoms with Crippen LogP contribution in [0, 0.1) is 52.8 Å². The summed E-state index contributed by atoms with van der Waals surface area (Å²) >= 11 is 3.21. The van der Waals surface area contributed by atoms with Gasteiger partial charge in [0.1, 0.15) is 0 Å². The van der Waals surface area contributed by atoms with Gasteiger partial charge in [0.15, 0.2) is 10.2 Å². The van der Waals surface area contributed by atoms with Crippen molar-refractivity contribution in [2.45, 2.75) is 120 Å². The van der Waals surface area contributed by atoms with Gasteiger partial charge in [0.25, 0.3) is 0 Å². The molecule has 7 rings (SSSR count). The topological polar surface area (TPSA) is 52.6 Å². The van der Waals surface area contributed by atoms with Crippen molar-refractivity contribution >= 4 is 33.8 Å². The molecule has 12 unspecified atom stereocenters. The maximum absolute atomic E-state index is 11.7. The maximum Gasteiger partial charge on any atom is 0.186 e. The second-order valence-electron chi connectivity index (χ2n) is 14.6. The number of carbonyl (C=O) groups is 2. The van der Waals surface area contributed by atoms with Gasteiger partial charge in [0.2, 0.25) is 0 Å². The van der Waals surface area contributed by atoms with Crippen LogP contribution in [0.2, 0.25) is 0 Å². The zero-order valence-corrected chi connectivity index (χ0v) is 25.1. The zero-order chi connectivity index (χ0) is 26.0. The van der Waals surface area contributed by atoms with Crippen molar-refractivity contribution in [1.29, 1.82) is 0 Å². The summed E-state index contributed by atoms with van der Waals surface area (Å²) in [5, 5.41) is 1.70. The highest BCUT2D eigenvalue weighted by atomic mass is 32.2. The SMILES string of the molecule is CC(=O)SC1CC2C3CC(OCC4(COC5CC6CC5C5CC(SC(C)=O)CC65)CCCCC4)C(C3)C2C1. The van der Waals surface area contributed by atoms with Gasteiger partial charge in [-0.15, -0.1) is 0 Å². The van der Waals surface area contributed by atoms with E-state index >= 15 is 0 Å². The standard InChI is InChI=1S/C32H48O4S2/c1-18(33)37-22-12-24-20-8-28(26(24)14-22)30(10-20)35-16-32(6-4-3-5-7-32)17-36-31-11-21-9-29(31)27-15-23(13-25(21)27)38-19(2)34/h20-31H,3-17H2,1-2H3. The zero-order valence-electron chi connectivity index (χ0n) is 23.5. The van der Waals surface area contributed by atoms with Crippen molar-refractivity contribution in [3.63, 3.8) is 0 Å². The first-order valence-corrected chi connectivity index (χ1v) is 17.7. The fourth-order valence-corrected chi connectivity index (χ4v) is 13.4. The number of ether oxygens (including phenoxy) is 2. The van der Waals surface area contributed by atoms with Crippen LogP contribution in [-0.2, 0) is 19.1 Å². The van der Waals surface area contributed by atoms with E-state index in [1.54, 1.807) is 37.4 Å². The predicted octanol–water partition coefficient (Wildman–Crippen LogP) is 7.14. The molecule has 0 radical (unpaired) electrons. The summed E-state index contributed by atoms with van der Waals surface area (Å²) in [7, 11) is 0. The maximum atomic E-state index is 11.7. The highest BCUT2D eigenvalue weighted by Gasteiger charge is 2.58. The molecule has 0 amide bonds. The van der Waals surface area contributed by atoms with E-state index in [0.717, 1.165) is 60.6 Å². The van der Waals surface area contributed by atoms with E-state index in [2.05, 4.69) is 0 Å². The number of thioether (sulfide) groups is 2. The van der Waals surface area contributed by atoms with Gasteiger partial charge >= 0.3 is 0 Å². The van der Waals surface area contributed by atoms with Crippen LogP contribution in [0.4, 0.5) is 0 Å². The fraction of sp³-hybridized carbons (Fsp3) is 0.938. The van der Waals surface area contributed by atoms with Crippen molar-refractivity contribution < 1.29 is 19.1 Å². The number of hydrogen-bond donors (Lipinski definition) is 0. The smallest absolute Gasteiger partial charge is 0.186 e. The normalized spacial score (nSPS) is 47.9. The van der Waals surface area contributed by atoms with Crippen LogP contribution in [0.15, 0.2) is 0 Å². The van der Waals surface area contributed by atoms with Crippen LogP contribution < -0.4 is 0 Å². The number of rotatable bonds is 8. The summed E-state index contributed by atoms with van der Waals surface area (Å²) in [6, 6.07) is 0. The van der Waals surface area contributed by atoms with E-state index in [0.29, 0.717) is 32.9 Å². The van der Waals surface area contributed by atoms with Crippen LogP contribution in [0.25, 0.3) is 0 Å². The van der Waals surface area contributed by atoms with Crippen LogP contribution in [0.5, 0.6) is 0 Å². The van der Waals surface area contributed by atoms with E-state index in [9.17, 15) is 9.59 Å². The Bertz CT molecular complexity index is 851. The Kier molecular flexibility index (Phi) is 7.53. The predicted molar refractivity (Wildman–Crippen MR) is 154 cm³/mol. The van der Waals surface area contributed by atoms with Gasteiger partial charge < -0.3 is 9.47 Å². The number of hydrogen-bond acceptors (Lipinski definition) is 6. The second-order valence-corrected chi connectivity index (χ2v) is 17.6. The average Bonchev–Trinajstić information content (AvgIpc) is 3.69. The van der Waals surface area contributed by atoms with Gasteiger partial charge in [0, 0.05) is 29.8 Å². The summed E-state index contributed by atoms with van der Waals surface area (Å²) in [4.78, 5) is 23.4. The first kappa shape index (κ1) is 26.8. The van der Waals surface area contributed by atoms with Crippen molar-refractivity contribution in [3.05, 3.63) is 0 Å². The Morgan fingerprint density at radius 1 is 0.605 bits per heavy atom. The van der Waals surface area contributed by atoms with Gasteiger partial charge in [-0.05, 0) is 112 Å². The molecule has 0 aliphatic heterocycles. The summed E-state index contributed by atoms with van der Waals surface area (Å²) in [6.07, 6.45) is 17.7. The largest absolute Gasteiger partial charge is 0.377 e. The summed E-state index contributed by atoms with van der Waals surface area (Å²) in [5.74, 6) is 6.45. The van der Waals surface area contributed by atoms with Gasteiger partial charge in [0.05, 0.1) is 25.4 Å². The molecular weight excluding hydrogens is 512 g/mol. The lowest BCUT2D eigenvalue weighted by Gasteiger charge is -2.41. The van der Waals surface area contributed by atoms with Crippen molar-refractivity contribution in [3.8, 4) is 0 Å². The van der Waals surface area contributed by atoms with Crippen molar-refractivity contribution in [2.24, 2.45) is 52.8 Å². The Morgan fingerprint density at radius 2 is 1.05 bits per heavy atom. The molecule has 12 atom stereocenters. The molecule has 4 nitrogen and oxygen atoms in total. The molecule has 0 N–H and O–H groups in total. The average molecular weight is 561 g/mol. The van der Waals surface area contributed by atoms with E-state index < -0.39 is 0 Å². The van der Waals surface area contributed by atoms with Gasteiger partial charge in [-0.25, -0.2) is 0 Å².